The molecule has 0 fully saturated rings. The number of hydrogen-bond donors (Lipinski definition) is 0. The van der Waals surface area contributed by atoms with Crippen molar-refractivity contribution in [3.8, 4) is 0 Å². The molecule has 1 aromatic rings. The smallest absolute Gasteiger partial charge is 0.0554 e. The predicted octanol–water partition coefficient (Wildman–Crippen LogP) is 3.66. The van der Waals surface area contributed by atoms with Crippen LogP contribution in [0.2, 0.25) is 19.1 Å². The van der Waals surface area contributed by atoms with Gasteiger partial charge in [0.15, 0.2) is 0 Å². The van der Waals surface area contributed by atoms with Gasteiger partial charge in [-0.25, -0.2) is 0 Å². The first kappa shape index (κ1) is 10.3. The lowest BCUT2D eigenvalue weighted by molar-refractivity contribution is 1.28. The van der Waals surface area contributed by atoms with E-state index in [9.17, 15) is 0 Å². The Morgan fingerprint density at radius 1 is 1.23 bits per heavy atom. The minimum Gasteiger partial charge on any atom is -0.103 e. The van der Waals surface area contributed by atoms with Crippen LogP contribution in [0.3, 0.4) is 0 Å². The fourth-order valence-corrected chi connectivity index (χ4v) is 3.88. The number of benzene rings is 1. The largest absolute Gasteiger partial charge is 0.103 e. The van der Waals surface area contributed by atoms with Crippen LogP contribution >= 0.6 is 0 Å². The standard InChI is InChI=1S/C12H18Si/c1-4-10-13(2,3)11-12-8-6-5-7-9-12/h4-9H,1,10-11H2,2-3H3. The fourth-order valence-electron chi connectivity index (χ4n) is 1.61. The second kappa shape index (κ2) is 4.42. The zero-order valence-corrected chi connectivity index (χ0v) is 9.59. The van der Waals surface area contributed by atoms with Gasteiger partial charge in [0.2, 0.25) is 0 Å². The maximum Gasteiger partial charge on any atom is 0.0554 e. The Balaban J connectivity index is 2.63. The van der Waals surface area contributed by atoms with Gasteiger partial charge in [0.1, 0.15) is 0 Å². The average Bonchev–Trinajstić information content (AvgIpc) is 2.04. The van der Waals surface area contributed by atoms with Crippen LogP contribution in [0.25, 0.3) is 0 Å². The maximum atomic E-state index is 3.82. The molecular formula is C12H18Si. The van der Waals surface area contributed by atoms with Crippen LogP contribution in [-0.2, 0) is 6.04 Å². The van der Waals surface area contributed by atoms with E-state index >= 15 is 0 Å². The van der Waals surface area contributed by atoms with Crippen LogP contribution in [0, 0.1) is 0 Å². The third-order valence-corrected chi connectivity index (χ3v) is 4.98. The predicted molar refractivity (Wildman–Crippen MR) is 62.6 cm³/mol. The van der Waals surface area contributed by atoms with Gasteiger partial charge in [-0.05, 0) is 12.1 Å². The molecule has 0 bridgehead atoms. The van der Waals surface area contributed by atoms with Gasteiger partial charge >= 0.3 is 0 Å². The highest BCUT2D eigenvalue weighted by molar-refractivity contribution is 6.77. The minimum absolute atomic E-state index is 1.06. The SMILES string of the molecule is C=CC[Si](C)(C)Cc1ccccc1. The summed E-state index contributed by atoms with van der Waals surface area (Å²) < 4.78 is 0. The second-order valence-electron chi connectivity index (χ2n) is 4.32. The molecule has 0 saturated carbocycles. The molecule has 0 aliphatic rings. The van der Waals surface area contributed by atoms with Gasteiger partial charge in [0.25, 0.3) is 0 Å². The van der Waals surface area contributed by atoms with Crippen molar-refractivity contribution in [2.45, 2.75) is 25.2 Å². The van der Waals surface area contributed by atoms with Gasteiger partial charge in [-0.15, -0.1) is 6.58 Å². The van der Waals surface area contributed by atoms with Crippen molar-refractivity contribution < 1.29 is 0 Å². The summed E-state index contributed by atoms with van der Waals surface area (Å²) in [7, 11) is -1.06. The first-order valence-electron chi connectivity index (χ1n) is 4.79. The molecule has 0 N–H and O–H groups in total. The third-order valence-electron chi connectivity index (χ3n) is 2.22. The van der Waals surface area contributed by atoms with E-state index in [1.54, 1.807) is 0 Å². The molecule has 0 amide bonds. The fraction of sp³-hybridized carbons (Fsp3) is 0.333. The van der Waals surface area contributed by atoms with E-state index in [4.69, 9.17) is 0 Å². The Morgan fingerprint density at radius 3 is 2.38 bits per heavy atom. The van der Waals surface area contributed by atoms with Crippen molar-refractivity contribution in [1.29, 1.82) is 0 Å². The van der Waals surface area contributed by atoms with E-state index in [2.05, 4.69) is 56.1 Å². The second-order valence-corrected chi connectivity index (χ2v) is 9.41. The van der Waals surface area contributed by atoms with Gasteiger partial charge in [-0.2, -0.15) is 0 Å². The molecule has 13 heavy (non-hydrogen) atoms. The quantitative estimate of drug-likeness (QED) is 0.502. The van der Waals surface area contributed by atoms with Crippen LogP contribution in [0.15, 0.2) is 43.0 Å². The van der Waals surface area contributed by atoms with E-state index in [-0.39, 0.29) is 0 Å². The Hall–Kier alpha value is -0.823. The summed E-state index contributed by atoms with van der Waals surface area (Å²) in [6.45, 7) is 8.66. The van der Waals surface area contributed by atoms with Gasteiger partial charge in [-0.3, -0.25) is 0 Å². The molecular weight excluding hydrogens is 172 g/mol. The molecule has 0 atom stereocenters. The molecule has 1 heteroatoms. The van der Waals surface area contributed by atoms with Crippen LogP contribution in [0.4, 0.5) is 0 Å². The Labute approximate surface area is 82.3 Å². The molecule has 0 heterocycles. The first-order chi connectivity index (χ1) is 6.14. The molecule has 0 aliphatic carbocycles. The van der Waals surface area contributed by atoms with Crippen molar-refractivity contribution in [3.05, 3.63) is 48.6 Å². The average molecular weight is 190 g/mol. The van der Waals surface area contributed by atoms with Crippen molar-refractivity contribution in [2.24, 2.45) is 0 Å². The highest BCUT2D eigenvalue weighted by Gasteiger charge is 2.18. The molecule has 70 valence electrons. The molecule has 0 aromatic heterocycles. The Bertz CT molecular complexity index is 262. The number of hydrogen-bond acceptors (Lipinski definition) is 0. The summed E-state index contributed by atoms with van der Waals surface area (Å²) in [5, 5.41) is 0. The van der Waals surface area contributed by atoms with E-state index < -0.39 is 8.07 Å². The Morgan fingerprint density at radius 2 is 1.85 bits per heavy atom. The molecule has 1 aromatic carbocycles. The molecule has 1 rings (SSSR count). The van der Waals surface area contributed by atoms with Crippen LogP contribution in [0.1, 0.15) is 5.56 Å². The minimum atomic E-state index is -1.06. The highest BCUT2D eigenvalue weighted by atomic mass is 28.3. The lowest BCUT2D eigenvalue weighted by Gasteiger charge is -2.20. The summed E-state index contributed by atoms with van der Waals surface area (Å²) in [5.74, 6) is 0. The molecule has 0 unspecified atom stereocenters. The van der Waals surface area contributed by atoms with Gasteiger partial charge in [0.05, 0.1) is 8.07 Å². The summed E-state index contributed by atoms with van der Waals surface area (Å²) >= 11 is 0. The van der Waals surface area contributed by atoms with E-state index in [0.717, 1.165) is 0 Å². The number of rotatable bonds is 4. The zero-order valence-electron chi connectivity index (χ0n) is 8.59. The monoisotopic (exact) mass is 190 g/mol. The van der Waals surface area contributed by atoms with Crippen molar-refractivity contribution in [2.75, 3.05) is 0 Å². The summed E-state index contributed by atoms with van der Waals surface area (Å²) in [4.78, 5) is 0. The van der Waals surface area contributed by atoms with Crippen LogP contribution in [0.5, 0.6) is 0 Å². The van der Waals surface area contributed by atoms with E-state index in [1.165, 1.54) is 17.7 Å². The molecule has 0 spiro atoms. The molecule has 0 radical (unpaired) electrons. The van der Waals surface area contributed by atoms with Gasteiger partial charge < -0.3 is 0 Å². The maximum absolute atomic E-state index is 3.82. The summed E-state index contributed by atoms with van der Waals surface area (Å²) in [5.41, 5.74) is 1.47. The Kier molecular flexibility index (Phi) is 3.49. The van der Waals surface area contributed by atoms with Gasteiger partial charge in [-0.1, -0.05) is 55.1 Å². The topological polar surface area (TPSA) is 0 Å². The highest BCUT2D eigenvalue weighted by Crippen LogP contribution is 2.16. The molecule has 0 aliphatic heterocycles. The molecule has 0 saturated heterocycles. The normalized spacial score (nSPS) is 11.2. The lowest BCUT2D eigenvalue weighted by atomic mass is 10.2. The molecule has 0 nitrogen and oxygen atoms in total. The van der Waals surface area contributed by atoms with E-state index in [0.29, 0.717) is 0 Å². The first-order valence-corrected chi connectivity index (χ1v) is 8.20. The van der Waals surface area contributed by atoms with Gasteiger partial charge in [0, 0.05) is 0 Å². The zero-order chi connectivity index (χ0) is 9.73. The van der Waals surface area contributed by atoms with Crippen molar-refractivity contribution >= 4 is 8.07 Å². The van der Waals surface area contributed by atoms with Crippen LogP contribution in [-0.4, -0.2) is 8.07 Å². The van der Waals surface area contributed by atoms with Crippen LogP contribution < -0.4 is 0 Å². The lowest BCUT2D eigenvalue weighted by Crippen LogP contribution is -2.27. The summed E-state index contributed by atoms with van der Waals surface area (Å²) in [6.07, 6.45) is 2.06. The number of allylic oxidation sites excluding steroid dienone is 1. The van der Waals surface area contributed by atoms with Crippen molar-refractivity contribution in [3.63, 3.8) is 0 Å². The third kappa shape index (κ3) is 3.60. The summed E-state index contributed by atoms with van der Waals surface area (Å²) in [6, 6.07) is 13.2. The van der Waals surface area contributed by atoms with E-state index in [1.807, 2.05) is 0 Å². The van der Waals surface area contributed by atoms with Crippen molar-refractivity contribution in [1.82, 2.24) is 0 Å².